The van der Waals surface area contributed by atoms with E-state index in [4.69, 9.17) is 10.5 Å². The molecule has 2 aromatic rings. The number of aldehydes is 1. The number of rotatable bonds is 7. The lowest BCUT2D eigenvalue weighted by Gasteiger charge is -2.14. The zero-order valence-electron chi connectivity index (χ0n) is 14.6. The highest BCUT2D eigenvalue weighted by atomic mass is 16.5. The highest BCUT2D eigenvalue weighted by Gasteiger charge is 2.17. The van der Waals surface area contributed by atoms with E-state index in [1.54, 1.807) is 6.92 Å². The summed E-state index contributed by atoms with van der Waals surface area (Å²) in [7, 11) is 0. The maximum absolute atomic E-state index is 11.2. The molecule has 1 heterocycles. The second-order valence-corrected chi connectivity index (χ2v) is 6.44. The van der Waals surface area contributed by atoms with Crippen LogP contribution >= 0.6 is 0 Å². The van der Waals surface area contributed by atoms with E-state index >= 15 is 0 Å². The number of hydrogen-bond donors (Lipinski definition) is 2. The van der Waals surface area contributed by atoms with Crippen molar-refractivity contribution < 1.29 is 14.3 Å². The Morgan fingerprint density at radius 2 is 1.96 bits per heavy atom. The molecule has 136 valence electrons. The lowest BCUT2D eigenvalue weighted by molar-refractivity contribution is -0.118. The zero-order chi connectivity index (χ0) is 18.5. The molecule has 1 unspecified atom stereocenters. The average molecular weight is 354 g/mol. The molecule has 0 bridgehead atoms. The van der Waals surface area contributed by atoms with Crippen LogP contribution in [-0.2, 0) is 4.79 Å². The van der Waals surface area contributed by atoms with Crippen LogP contribution in [0.15, 0.2) is 30.3 Å². The van der Waals surface area contributed by atoms with Gasteiger partial charge < -0.3 is 15.8 Å². The molecule has 1 aromatic carbocycles. The monoisotopic (exact) mass is 354 g/mol. The maximum Gasteiger partial charge on any atom is 0.239 e. The summed E-state index contributed by atoms with van der Waals surface area (Å²) in [5.74, 6) is 1.06. The summed E-state index contributed by atoms with van der Waals surface area (Å²) in [6.07, 6.45) is 5.56. The first kappa shape index (κ1) is 17.8. The standard InChI is InChI=1S/C19H22N4O3/c1-12(18(20)25)21-17-10-14(11-24)22-19(23-17)13-6-8-16(9-7-13)26-15-4-2-3-5-15/h6-12,15H,2-5H2,1H3,(H2,20,25)(H,21,22,23). The Balaban J connectivity index is 1.80. The van der Waals surface area contributed by atoms with E-state index < -0.39 is 11.9 Å². The van der Waals surface area contributed by atoms with Crippen LogP contribution in [0.4, 0.5) is 5.82 Å². The molecule has 0 aliphatic heterocycles. The molecule has 1 fully saturated rings. The van der Waals surface area contributed by atoms with Crippen LogP contribution in [0, 0.1) is 0 Å². The highest BCUT2D eigenvalue weighted by Crippen LogP contribution is 2.26. The van der Waals surface area contributed by atoms with Gasteiger partial charge in [0.2, 0.25) is 5.91 Å². The summed E-state index contributed by atoms with van der Waals surface area (Å²) in [6.45, 7) is 1.62. The molecule has 7 heteroatoms. The van der Waals surface area contributed by atoms with Gasteiger partial charge >= 0.3 is 0 Å². The van der Waals surface area contributed by atoms with Gasteiger partial charge in [-0.25, -0.2) is 9.97 Å². The van der Waals surface area contributed by atoms with Crippen molar-refractivity contribution in [2.45, 2.75) is 44.8 Å². The molecule has 1 aromatic heterocycles. The highest BCUT2D eigenvalue weighted by molar-refractivity contribution is 5.83. The third-order valence-electron chi connectivity index (χ3n) is 4.38. The van der Waals surface area contributed by atoms with Gasteiger partial charge in [0.15, 0.2) is 12.1 Å². The number of benzene rings is 1. The quantitative estimate of drug-likeness (QED) is 0.740. The molecule has 3 rings (SSSR count). The summed E-state index contributed by atoms with van der Waals surface area (Å²) in [6, 6.07) is 8.34. The van der Waals surface area contributed by atoms with Crippen molar-refractivity contribution in [3.8, 4) is 17.1 Å². The van der Waals surface area contributed by atoms with Gasteiger partial charge in [-0.05, 0) is 56.9 Å². The Bertz CT molecular complexity index is 786. The molecule has 0 spiro atoms. The van der Waals surface area contributed by atoms with Crippen LogP contribution in [0.2, 0.25) is 0 Å². The molecule has 26 heavy (non-hydrogen) atoms. The Morgan fingerprint density at radius 1 is 1.27 bits per heavy atom. The van der Waals surface area contributed by atoms with Crippen LogP contribution in [0.1, 0.15) is 43.1 Å². The topological polar surface area (TPSA) is 107 Å². The number of aromatic nitrogens is 2. The van der Waals surface area contributed by atoms with E-state index in [0.717, 1.165) is 24.2 Å². The Morgan fingerprint density at radius 3 is 2.58 bits per heavy atom. The summed E-state index contributed by atoms with van der Waals surface area (Å²) in [5.41, 5.74) is 6.23. The van der Waals surface area contributed by atoms with Crippen LogP contribution in [0.3, 0.4) is 0 Å². The van der Waals surface area contributed by atoms with Crippen molar-refractivity contribution in [2.75, 3.05) is 5.32 Å². The molecule has 1 aliphatic rings. The smallest absolute Gasteiger partial charge is 0.239 e. The maximum atomic E-state index is 11.2. The molecule has 1 aliphatic carbocycles. The zero-order valence-corrected chi connectivity index (χ0v) is 14.6. The van der Waals surface area contributed by atoms with Crippen molar-refractivity contribution in [3.63, 3.8) is 0 Å². The normalized spacial score (nSPS) is 15.4. The van der Waals surface area contributed by atoms with E-state index in [1.807, 2.05) is 24.3 Å². The van der Waals surface area contributed by atoms with Crippen molar-refractivity contribution in [2.24, 2.45) is 5.73 Å². The molecule has 3 N–H and O–H groups in total. The molecule has 0 saturated heterocycles. The number of ether oxygens (including phenoxy) is 1. The summed E-state index contributed by atoms with van der Waals surface area (Å²) >= 11 is 0. The van der Waals surface area contributed by atoms with Gasteiger partial charge in [0.1, 0.15) is 23.3 Å². The van der Waals surface area contributed by atoms with Gasteiger partial charge in [-0.3, -0.25) is 9.59 Å². The average Bonchev–Trinajstić information content (AvgIpc) is 3.15. The number of anilines is 1. The number of primary amides is 1. The SMILES string of the molecule is CC(Nc1cc(C=O)nc(-c2ccc(OC3CCCC3)cc2)n1)C(N)=O. The number of nitrogens with zero attached hydrogens (tertiary/aromatic N) is 2. The number of amides is 1. The van der Waals surface area contributed by atoms with E-state index in [2.05, 4.69) is 15.3 Å². The molecule has 1 saturated carbocycles. The molecule has 0 radical (unpaired) electrons. The lowest BCUT2D eigenvalue weighted by atomic mass is 10.2. The number of carbonyl (C=O) groups excluding carboxylic acids is 2. The summed E-state index contributed by atoms with van der Waals surface area (Å²) in [5, 5.41) is 2.88. The van der Waals surface area contributed by atoms with Crippen LogP contribution < -0.4 is 15.8 Å². The first-order chi connectivity index (χ1) is 12.5. The number of nitrogens with two attached hydrogens (primary N) is 1. The first-order valence-electron chi connectivity index (χ1n) is 8.72. The summed E-state index contributed by atoms with van der Waals surface area (Å²) in [4.78, 5) is 31.0. The van der Waals surface area contributed by atoms with Crippen LogP contribution in [0.5, 0.6) is 5.75 Å². The van der Waals surface area contributed by atoms with E-state index in [1.165, 1.54) is 18.9 Å². The minimum atomic E-state index is -0.612. The predicted octanol–water partition coefficient (Wildman–Crippen LogP) is 2.56. The van der Waals surface area contributed by atoms with E-state index in [9.17, 15) is 9.59 Å². The van der Waals surface area contributed by atoms with Gasteiger partial charge in [-0.2, -0.15) is 0 Å². The van der Waals surface area contributed by atoms with E-state index in [0.29, 0.717) is 24.0 Å². The van der Waals surface area contributed by atoms with Crippen molar-refractivity contribution in [1.82, 2.24) is 9.97 Å². The molecule has 1 atom stereocenters. The predicted molar refractivity (Wildman–Crippen MR) is 98.0 cm³/mol. The minimum Gasteiger partial charge on any atom is -0.490 e. The first-order valence-corrected chi connectivity index (χ1v) is 8.72. The Labute approximate surface area is 152 Å². The van der Waals surface area contributed by atoms with Gasteiger partial charge in [0.05, 0.1) is 6.10 Å². The molecule has 7 nitrogen and oxygen atoms in total. The van der Waals surface area contributed by atoms with E-state index in [-0.39, 0.29) is 5.69 Å². The van der Waals surface area contributed by atoms with Crippen LogP contribution in [-0.4, -0.2) is 34.3 Å². The number of carbonyl (C=O) groups is 2. The second kappa shape index (κ2) is 7.95. The fourth-order valence-electron chi connectivity index (χ4n) is 2.90. The van der Waals surface area contributed by atoms with Crippen molar-refractivity contribution in [1.29, 1.82) is 0 Å². The largest absolute Gasteiger partial charge is 0.490 e. The fraction of sp³-hybridized carbons (Fsp3) is 0.368. The van der Waals surface area contributed by atoms with Crippen LogP contribution in [0.25, 0.3) is 11.4 Å². The second-order valence-electron chi connectivity index (χ2n) is 6.44. The lowest BCUT2D eigenvalue weighted by Crippen LogP contribution is -2.32. The van der Waals surface area contributed by atoms with Gasteiger partial charge in [-0.1, -0.05) is 0 Å². The molecule has 1 amide bonds. The third kappa shape index (κ3) is 4.36. The molecular formula is C19H22N4O3. The van der Waals surface area contributed by atoms with Crippen molar-refractivity contribution >= 4 is 18.0 Å². The van der Waals surface area contributed by atoms with Gasteiger partial charge in [0.25, 0.3) is 0 Å². The fourth-order valence-corrected chi connectivity index (χ4v) is 2.90. The number of nitrogens with one attached hydrogen (secondary N) is 1. The third-order valence-corrected chi connectivity index (χ3v) is 4.38. The van der Waals surface area contributed by atoms with Gasteiger partial charge in [0, 0.05) is 11.6 Å². The Kier molecular flexibility index (Phi) is 5.46. The molecular weight excluding hydrogens is 332 g/mol. The van der Waals surface area contributed by atoms with Crippen molar-refractivity contribution in [3.05, 3.63) is 36.0 Å². The minimum absolute atomic E-state index is 0.223. The van der Waals surface area contributed by atoms with Gasteiger partial charge in [-0.15, -0.1) is 0 Å². The number of hydrogen-bond acceptors (Lipinski definition) is 6. The Hall–Kier alpha value is -2.96. The summed E-state index contributed by atoms with van der Waals surface area (Å²) < 4.78 is 5.95.